The van der Waals surface area contributed by atoms with E-state index in [1.165, 1.54) is 10.6 Å². The lowest BCUT2D eigenvalue weighted by Gasteiger charge is -2.30. The molecule has 0 saturated carbocycles. The van der Waals surface area contributed by atoms with Gasteiger partial charge in [0.15, 0.2) is 0 Å². The Hall–Kier alpha value is -1.16. The van der Waals surface area contributed by atoms with Gasteiger partial charge in [0, 0.05) is 18.7 Å². The van der Waals surface area contributed by atoms with Crippen LogP contribution in [0.15, 0.2) is 6.20 Å². The summed E-state index contributed by atoms with van der Waals surface area (Å²) in [7, 11) is -3.09. The molecular weight excluding hydrogens is 330 g/mol. The van der Waals surface area contributed by atoms with Crippen LogP contribution in [0.25, 0.3) is 0 Å². The van der Waals surface area contributed by atoms with E-state index in [4.69, 9.17) is 10.5 Å². The zero-order valence-electron chi connectivity index (χ0n) is 14.1. The number of ether oxygens (including phenoxy) is 1. The fourth-order valence-corrected chi connectivity index (χ4v) is 4.27. The molecule has 0 aromatic carbocycles. The third-order valence-electron chi connectivity index (χ3n) is 4.91. The van der Waals surface area contributed by atoms with Crippen LogP contribution in [0.3, 0.4) is 0 Å². The second-order valence-electron chi connectivity index (χ2n) is 6.65. The van der Waals surface area contributed by atoms with Crippen molar-refractivity contribution in [1.29, 1.82) is 0 Å². The monoisotopic (exact) mass is 357 g/mol. The molecular formula is C15H27N5O3S. The first kappa shape index (κ1) is 17.7. The highest BCUT2D eigenvalue weighted by atomic mass is 32.2. The minimum atomic E-state index is -3.09. The third kappa shape index (κ3) is 4.08. The molecule has 0 aliphatic carbocycles. The van der Waals surface area contributed by atoms with Gasteiger partial charge in [0.1, 0.15) is 5.82 Å². The summed E-state index contributed by atoms with van der Waals surface area (Å²) >= 11 is 0. The SMILES string of the molecule is CS(=O)(=O)N1CCC(OCc2cnn(C3CCNCC3)c2N)CC1. The molecule has 0 spiro atoms. The number of nitrogens with one attached hydrogen (secondary N) is 1. The number of sulfonamides is 1. The van der Waals surface area contributed by atoms with E-state index in [-0.39, 0.29) is 6.10 Å². The van der Waals surface area contributed by atoms with E-state index >= 15 is 0 Å². The van der Waals surface area contributed by atoms with Crippen LogP contribution in [0.2, 0.25) is 0 Å². The van der Waals surface area contributed by atoms with Crippen LogP contribution in [-0.4, -0.2) is 61.0 Å². The van der Waals surface area contributed by atoms with Gasteiger partial charge in [-0.1, -0.05) is 0 Å². The summed E-state index contributed by atoms with van der Waals surface area (Å²) in [5, 5.41) is 7.78. The fraction of sp³-hybridized carbons (Fsp3) is 0.800. The number of piperidine rings is 2. The van der Waals surface area contributed by atoms with Gasteiger partial charge in [-0.05, 0) is 38.8 Å². The van der Waals surface area contributed by atoms with Gasteiger partial charge >= 0.3 is 0 Å². The highest BCUT2D eigenvalue weighted by Gasteiger charge is 2.26. The second-order valence-corrected chi connectivity index (χ2v) is 8.64. The van der Waals surface area contributed by atoms with Gasteiger partial charge in [-0.3, -0.25) is 0 Å². The van der Waals surface area contributed by atoms with Gasteiger partial charge < -0.3 is 15.8 Å². The predicted molar refractivity (Wildman–Crippen MR) is 92.0 cm³/mol. The minimum Gasteiger partial charge on any atom is -0.384 e. The Bertz CT molecular complexity index is 646. The first-order chi connectivity index (χ1) is 11.4. The molecule has 1 aromatic heterocycles. The van der Waals surface area contributed by atoms with Crippen LogP contribution in [0.1, 0.15) is 37.3 Å². The van der Waals surface area contributed by atoms with Crippen LogP contribution in [0, 0.1) is 0 Å². The predicted octanol–water partition coefficient (Wildman–Crippen LogP) is 0.330. The number of aromatic nitrogens is 2. The van der Waals surface area contributed by atoms with E-state index in [1.54, 1.807) is 6.20 Å². The first-order valence-corrected chi connectivity index (χ1v) is 10.4. The van der Waals surface area contributed by atoms with Crippen molar-refractivity contribution in [3.05, 3.63) is 11.8 Å². The highest BCUT2D eigenvalue weighted by Crippen LogP contribution is 2.25. The maximum absolute atomic E-state index is 11.5. The number of hydrogen-bond donors (Lipinski definition) is 2. The molecule has 0 radical (unpaired) electrons. The number of hydrogen-bond acceptors (Lipinski definition) is 6. The van der Waals surface area contributed by atoms with E-state index in [9.17, 15) is 8.42 Å². The molecule has 2 aliphatic heterocycles. The Morgan fingerprint density at radius 1 is 1.29 bits per heavy atom. The smallest absolute Gasteiger partial charge is 0.211 e. The summed E-state index contributed by atoms with van der Waals surface area (Å²) < 4.78 is 32.4. The summed E-state index contributed by atoms with van der Waals surface area (Å²) in [6, 6.07) is 0.359. The van der Waals surface area contributed by atoms with Gasteiger partial charge in [0.2, 0.25) is 10.0 Å². The number of anilines is 1. The summed E-state index contributed by atoms with van der Waals surface area (Å²) in [4.78, 5) is 0. The molecule has 3 heterocycles. The molecule has 9 heteroatoms. The molecule has 2 aliphatic rings. The normalized spacial score (nSPS) is 22.0. The summed E-state index contributed by atoms with van der Waals surface area (Å²) in [6.07, 6.45) is 6.63. The van der Waals surface area contributed by atoms with Crippen molar-refractivity contribution in [2.75, 3.05) is 38.2 Å². The summed E-state index contributed by atoms with van der Waals surface area (Å²) in [5.41, 5.74) is 7.16. The third-order valence-corrected chi connectivity index (χ3v) is 6.22. The lowest BCUT2D eigenvalue weighted by Crippen LogP contribution is -2.40. The molecule has 3 rings (SSSR count). The van der Waals surface area contributed by atoms with Gasteiger partial charge in [0.05, 0.1) is 31.2 Å². The van der Waals surface area contributed by atoms with Gasteiger partial charge in [-0.2, -0.15) is 5.10 Å². The Labute approximate surface area is 143 Å². The molecule has 0 amide bonds. The maximum atomic E-state index is 11.5. The van der Waals surface area contributed by atoms with E-state index in [1.807, 2.05) is 4.68 Å². The van der Waals surface area contributed by atoms with Crippen LogP contribution in [0.4, 0.5) is 5.82 Å². The average Bonchev–Trinajstić information content (AvgIpc) is 2.94. The van der Waals surface area contributed by atoms with Crippen molar-refractivity contribution in [2.24, 2.45) is 0 Å². The van der Waals surface area contributed by atoms with Crippen molar-refractivity contribution >= 4 is 15.8 Å². The second kappa shape index (κ2) is 7.38. The number of rotatable bonds is 5. The van der Waals surface area contributed by atoms with Crippen molar-refractivity contribution in [3.8, 4) is 0 Å². The van der Waals surface area contributed by atoms with E-state index < -0.39 is 10.0 Å². The van der Waals surface area contributed by atoms with E-state index in [0.29, 0.717) is 31.6 Å². The van der Waals surface area contributed by atoms with E-state index in [2.05, 4.69) is 10.4 Å². The fourth-order valence-electron chi connectivity index (χ4n) is 3.40. The van der Waals surface area contributed by atoms with Crippen molar-refractivity contribution < 1.29 is 13.2 Å². The van der Waals surface area contributed by atoms with Crippen molar-refractivity contribution in [2.45, 2.75) is 44.4 Å². The van der Waals surface area contributed by atoms with Crippen LogP contribution < -0.4 is 11.1 Å². The molecule has 8 nitrogen and oxygen atoms in total. The van der Waals surface area contributed by atoms with Crippen molar-refractivity contribution in [1.82, 2.24) is 19.4 Å². The Balaban J connectivity index is 1.52. The first-order valence-electron chi connectivity index (χ1n) is 8.54. The van der Waals surface area contributed by atoms with Gasteiger partial charge in [-0.15, -0.1) is 0 Å². The number of nitrogen functional groups attached to an aromatic ring is 1. The largest absolute Gasteiger partial charge is 0.384 e. The van der Waals surface area contributed by atoms with Gasteiger partial charge in [-0.25, -0.2) is 17.4 Å². The molecule has 2 saturated heterocycles. The molecule has 0 atom stereocenters. The summed E-state index contributed by atoms with van der Waals surface area (Å²) in [6.45, 7) is 3.46. The Morgan fingerprint density at radius 3 is 2.58 bits per heavy atom. The van der Waals surface area contributed by atoms with Gasteiger partial charge in [0.25, 0.3) is 0 Å². The molecule has 1 aromatic rings. The molecule has 2 fully saturated rings. The molecule has 0 bridgehead atoms. The summed E-state index contributed by atoms with van der Waals surface area (Å²) in [5.74, 6) is 0.690. The lowest BCUT2D eigenvalue weighted by molar-refractivity contribution is 0.0105. The zero-order chi connectivity index (χ0) is 17.2. The minimum absolute atomic E-state index is 0.0737. The molecule has 136 valence electrons. The van der Waals surface area contributed by atoms with Crippen LogP contribution in [0.5, 0.6) is 0 Å². The quantitative estimate of drug-likeness (QED) is 0.787. The molecule has 24 heavy (non-hydrogen) atoms. The topological polar surface area (TPSA) is 102 Å². The Morgan fingerprint density at radius 2 is 1.96 bits per heavy atom. The standard InChI is InChI=1S/C15H27N5O3S/c1-24(21,22)19-8-4-14(5-9-19)23-11-12-10-18-20(15(12)16)13-2-6-17-7-3-13/h10,13-14,17H,2-9,11,16H2,1H3. The van der Waals surface area contributed by atoms with E-state index in [0.717, 1.165) is 44.3 Å². The molecule has 3 N–H and O–H groups in total. The maximum Gasteiger partial charge on any atom is 0.211 e. The average molecular weight is 357 g/mol. The van der Waals surface area contributed by atoms with Crippen LogP contribution >= 0.6 is 0 Å². The van der Waals surface area contributed by atoms with Crippen LogP contribution in [-0.2, 0) is 21.4 Å². The lowest BCUT2D eigenvalue weighted by atomic mass is 10.1. The van der Waals surface area contributed by atoms with Crippen molar-refractivity contribution in [3.63, 3.8) is 0 Å². The molecule has 0 unspecified atom stereocenters. The number of nitrogens with two attached hydrogens (primary N) is 1. The Kier molecular flexibility index (Phi) is 5.43. The zero-order valence-corrected chi connectivity index (χ0v) is 15.0. The highest BCUT2D eigenvalue weighted by molar-refractivity contribution is 7.88. The number of nitrogens with zero attached hydrogens (tertiary/aromatic N) is 3.